The van der Waals surface area contributed by atoms with Crippen molar-refractivity contribution in [2.45, 2.75) is 124 Å². The maximum absolute atomic E-state index is 12.1. The van der Waals surface area contributed by atoms with E-state index < -0.39 is 0 Å². The smallest absolute Gasteiger partial charge is 0.225 e. The molecule has 0 unspecified atom stereocenters. The molecule has 1 N–H and O–H groups in total. The van der Waals surface area contributed by atoms with Crippen LogP contribution in [0.2, 0.25) is 0 Å². The minimum Gasteiger partial charge on any atom is -0.359 e. The number of nitrogens with one attached hydrogen (secondary N) is 1. The molecule has 0 atom stereocenters. The van der Waals surface area contributed by atoms with Crippen LogP contribution < -0.4 is 5.32 Å². The van der Waals surface area contributed by atoms with Crippen LogP contribution in [-0.2, 0) is 4.79 Å². The molecule has 0 aliphatic rings. The highest BCUT2D eigenvalue weighted by Crippen LogP contribution is 2.33. The topological polar surface area (TPSA) is 29.1 Å². The highest BCUT2D eigenvalue weighted by Gasteiger charge is 2.33. The van der Waals surface area contributed by atoms with Gasteiger partial charge in [-0.15, -0.1) is 0 Å². The molecule has 0 aromatic carbocycles. The van der Waals surface area contributed by atoms with Gasteiger partial charge in [-0.25, -0.2) is 0 Å². The summed E-state index contributed by atoms with van der Waals surface area (Å²) in [5, 5.41) is 2.87. The predicted molar refractivity (Wildman–Crippen MR) is 107 cm³/mol. The van der Waals surface area contributed by atoms with Crippen molar-refractivity contribution in [3.05, 3.63) is 0 Å². The fraction of sp³-hybridized carbons (Fsp3) is 0.955. The molecule has 0 rings (SSSR count). The van der Waals surface area contributed by atoms with Gasteiger partial charge in [-0.2, -0.15) is 0 Å². The van der Waals surface area contributed by atoms with Crippen molar-refractivity contribution in [1.29, 1.82) is 0 Å². The monoisotopic (exact) mass is 339 g/mol. The standard InChI is InChI=1S/C22H45NO/c1-5-8-9-10-11-12-13-14-15-16-17-18-19-20-22(6-2,7-3)21(24)23-4/h5-20H2,1-4H3,(H,23,24). The molecule has 2 nitrogen and oxygen atoms in total. The minimum atomic E-state index is -0.119. The summed E-state index contributed by atoms with van der Waals surface area (Å²) >= 11 is 0. The van der Waals surface area contributed by atoms with E-state index in [1.54, 1.807) is 7.05 Å². The van der Waals surface area contributed by atoms with E-state index in [9.17, 15) is 4.79 Å². The molecule has 144 valence electrons. The van der Waals surface area contributed by atoms with Gasteiger partial charge in [0.1, 0.15) is 0 Å². The molecule has 0 aliphatic carbocycles. The lowest BCUT2D eigenvalue weighted by molar-refractivity contribution is -0.131. The third-order valence-electron chi connectivity index (χ3n) is 5.82. The summed E-state index contributed by atoms with van der Waals surface area (Å²) in [5.41, 5.74) is -0.119. The zero-order chi connectivity index (χ0) is 18.1. The van der Waals surface area contributed by atoms with Crippen LogP contribution in [0.15, 0.2) is 0 Å². The summed E-state index contributed by atoms with van der Waals surface area (Å²) in [5.74, 6) is 0.242. The first-order valence-electron chi connectivity index (χ1n) is 10.9. The Morgan fingerprint density at radius 3 is 1.38 bits per heavy atom. The minimum absolute atomic E-state index is 0.119. The quantitative estimate of drug-likeness (QED) is 0.283. The molecule has 24 heavy (non-hydrogen) atoms. The highest BCUT2D eigenvalue weighted by atomic mass is 16.2. The van der Waals surface area contributed by atoms with E-state index in [0.717, 1.165) is 19.3 Å². The van der Waals surface area contributed by atoms with Crippen LogP contribution in [0.25, 0.3) is 0 Å². The van der Waals surface area contributed by atoms with Gasteiger partial charge < -0.3 is 5.32 Å². The Bertz CT molecular complexity index is 284. The van der Waals surface area contributed by atoms with Crippen LogP contribution in [0, 0.1) is 5.41 Å². The van der Waals surface area contributed by atoms with E-state index in [1.807, 2.05) is 0 Å². The van der Waals surface area contributed by atoms with Crippen molar-refractivity contribution in [3.63, 3.8) is 0 Å². The molecule has 0 saturated heterocycles. The molecule has 1 amide bonds. The first kappa shape index (κ1) is 23.5. The van der Waals surface area contributed by atoms with Crippen molar-refractivity contribution in [3.8, 4) is 0 Å². The summed E-state index contributed by atoms with van der Waals surface area (Å²) < 4.78 is 0. The van der Waals surface area contributed by atoms with Crippen LogP contribution in [0.3, 0.4) is 0 Å². The predicted octanol–water partition coefficient (Wildman–Crippen LogP) is 7.02. The molecule has 0 aliphatic heterocycles. The zero-order valence-electron chi connectivity index (χ0n) is 17.2. The Morgan fingerprint density at radius 1 is 0.667 bits per heavy atom. The highest BCUT2D eigenvalue weighted by molar-refractivity contribution is 5.82. The molecular weight excluding hydrogens is 294 g/mol. The number of unbranched alkanes of at least 4 members (excludes halogenated alkanes) is 12. The molecule has 0 heterocycles. The third kappa shape index (κ3) is 10.4. The second-order valence-electron chi connectivity index (χ2n) is 7.56. The van der Waals surface area contributed by atoms with Gasteiger partial charge in [0.25, 0.3) is 0 Å². The van der Waals surface area contributed by atoms with Crippen LogP contribution in [-0.4, -0.2) is 13.0 Å². The fourth-order valence-corrected chi connectivity index (χ4v) is 3.78. The molecule has 2 heteroatoms. The Kier molecular flexibility index (Phi) is 15.6. The molecular formula is C22H45NO. The number of carbonyl (C=O) groups excluding carboxylic acids is 1. The van der Waals surface area contributed by atoms with Crippen molar-refractivity contribution >= 4 is 5.91 Å². The number of amides is 1. The second-order valence-corrected chi connectivity index (χ2v) is 7.56. The van der Waals surface area contributed by atoms with E-state index in [4.69, 9.17) is 0 Å². The lowest BCUT2D eigenvalue weighted by Gasteiger charge is -2.29. The van der Waals surface area contributed by atoms with Gasteiger partial charge in [0, 0.05) is 12.5 Å². The summed E-state index contributed by atoms with van der Waals surface area (Å²) in [6.45, 7) is 6.59. The Labute approximate surface area is 152 Å². The Hall–Kier alpha value is -0.530. The van der Waals surface area contributed by atoms with Gasteiger partial charge in [0.05, 0.1) is 0 Å². The van der Waals surface area contributed by atoms with Gasteiger partial charge in [-0.05, 0) is 19.3 Å². The normalized spacial score (nSPS) is 11.7. The van der Waals surface area contributed by atoms with Gasteiger partial charge in [-0.1, -0.05) is 104 Å². The summed E-state index contributed by atoms with van der Waals surface area (Å²) in [7, 11) is 1.77. The van der Waals surface area contributed by atoms with E-state index in [-0.39, 0.29) is 11.3 Å². The average molecular weight is 340 g/mol. The van der Waals surface area contributed by atoms with Crippen molar-refractivity contribution < 1.29 is 4.79 Å². The van der Waals surface area contributed by atoms with Gasteiger partial charge >= 0.3 is 0 Å². The zero-order valence-corrected chi connectivity index (χ0v) is 17.2. The SMILES string of the molecule is CCCCCCCCCCCCCCCC(CC)(CC)C(=O)NC. The Morgan fingerprint density at radius 2 is 1.04 bits per heavy atom. The van der Waals surface area contributed by atoms with E-state index in [0.29, 0.717) is 0 Å². The van der Waals surface area contributed by atoms with E-state index in [1.165, 1.54) is 83.5 Å². The van der Waals surface area contributed by atoms with E-state index in [2.05, 4.69) is 26.1 Å². The summed E-state index contributed by atoms with van der Waals surface area (Å²) in [4.78, 5) is 12.1. The number of hydrogen-bond donors (Lipinski definition) is 1. The van der Waals surface area contributed by atoms with Gasteiger partial charge in [-0.3, -0.25) is 4.79 Å². The van der Waals surface area contributed by atoms with Crippen LogP contribution >= 0.6 is 0 Å². The lowest BCUT2D eigenvalue weighted by Crippen LogP contribution is -2.38. The number of rotatable bonds is 17. The van der Waals surface area contributed by atoms with Crippen molar-refractivity contribution in [2.75, 3.05) is 7.05 Å². The Balaban J connectivity index is 3.51. The summed E-state index contributed by atoms with van der Waals surface area (Å²) in [6.07, 6.45) is 20.9. The van der Waals surface area contributed by atoms with Gasteiger partial charge in [0.2, 0.25) is 5.91 Å². The molecule has 0 fully saturated rings. The van der Waals surface area contributed by atoms with Crippen LogP contribution in [0.1, 0.15) is 124 Å². The first-order valence-corrected chi connectivity index (χ1v) is 10.9. The third-order valence-corrected chi connectivity index (χ3v) is 5.82. The van der Waals surface area contributed by atoms with Crippen LogP contribution in [0.4, 0.5) is 0 Å². The largest absolute Gasteiger partial charge is 0.359 e. The molecule has 0 radical (unpaired) electrons. The fourth-order valence-electron chi connectivity index (χ4n) is 3.78. The molecule has 0 aromatic rings. The van der Waals surface area contributed by atoms with Crippen molar-refractivity contribution in [1.82, 2.24) is 5.32 Å². The van der Waals surface area contributed by atoms with Gasteiger partial charge in [0.15, 0.2) is 0 Å². The first-order chi connectivity index (χ1) is 11.7. The number of carbonyl (C=O) groups is 1. The van der Waals surface area contributed by atoms with Crippen molar-refractivity contribution in [2.24, 2.45) is 5.41 Å². The molecule has 0 spiro atoms. The molecule has 0 saturated carbocycles. The second kappa shape index (κ2) is 16.0. The average Bonchev–Trinajstić information content (AvgIpc) is 2.62. The maximum atomic E-state index is 12.1. The lowest BCUT2D eigenvalue weighted by atomic mass is 9.77. The number of hydrogen-bond acceptors (Lipinski definition) is 1. The maximum Gasteiger partial charge on any atom is 0.225 e. The molecule has 0 aromatic heterocycles. The molecule has 0 bridgehead atoms. The summed E-state index contributed by atoms with van der Waals surface area (Å²) in [6, 6.07) is 0. The van der Waals surface area contributed by atoms with Crippen LogP contribution in [0.5, 0.6) is 0 Å². The van der Waals surface area contributed by atoms with E-state index >= 15 is 0 Å².